The number of carbonyl (C=O) groups excluding carboxylic acids is 1. The Morgan fingerprint density at radius 2 is 1.82 bits per heavy atom. The summed E-state index contributed by atoms with van der Waals surface area (Å²) in [5.74, 6) is -0.252. The minimum absolute atomic E-state index is 0.0312. The number of hydrogen-bond acceptors (Lipinski definition) is 3. The number of rotatable bonds is 8. The third-order valence-corrected chi connectivity index (χ3v) is 4.63. The summed E-state index contributed by atoms with van der Waals surface area (Å²) in [4.78, 5) is 12.5. The first-order valence-electron chi connectivity index (χ1n) is 7.66. The highest BCUT2D eigenvalue weighted by atomic mass is 32.2. The second-order valence-corrected chi connectivity index (χ2v) is 7.38. The van der Waals surface area contributed by atoms with E-state index in [0.717, 1.165) is 19.1 Å². The number of sulfonamides is 1. The minimum Gasteiger partial charge on any atom is -0.352 e. The molecule has 0 fully saturated rings. The molecule has 0 saturated heterocycles. The Bertz CT molecular complexity index is 572. The van der Waals surface area contributed by atoms with Gasteiger partial charge in [-0.25, -0.2) is 8.42 Å². The van der Waals surface area contributed by atoms with Gasteiger partial charge < -0.3 is 5.32 Å². The summed E-state index contributed by atoms with van der Waals surface area (Å²) >= 11 is 0. The zero-order valence-corrected chi connectivity index (χ0v) is 14.6. The molecule has 0 heterocycles. The summed E-state index contributed by atoms with van der Waals surface area (Å²) in [6.45, 7) is 5.80. The molecule has 0 unspecified atom stereocenters. The van der Waals surface area contributed by atoms with E-state index in [0.29, 0.717) is 12.1 Å². The van der Waals surface area contributed by atoms with Gasteiger partial charge in [0, 0.05) is 6.04 Å². The molecule has 0 aromatic heterocycles. The van der Waals surface area contributed by atoms with Gasteiger partial charge in [0.05, 0.1) is 11.9 Å². The number of carbonyl (C=O) groups is 1. The second-order valence-electron chi connectivity index (χ2n) is 5.52. The van der Waals surface area contributed by atoms with Gasteiger partial charge >= 0.3 is 0 Å². The van der Waals surface area contributed by atoms with Crippen LogP contribution in [0.5, 0.6) is 0 Å². The topological polar surface area (TPSA) is 66.5 Å². The quantitative estimate of drug-likeness (QED) is 0.798. The first-order chi connectivity index (χ1) is 10.3. The Morgan fingerprint density at radius 3 is 2.27 bits per heavy atom. The highest BCUT2D eigenvalue weighted by Crippen LogP contribution is 2.22. The monoisotopic (exact) mass is 326 g/mol. The summed E-state index contributed by atoms with van der Waals surface area (Å²) in [6, 6.07) is 8.03. The predicted octanol–water partition coefficient (Wildman–Crippen LogP) is 2.54. The number of anilines is 1. The largest absolute Gasteiger partial charge is 0.352 e. The number of hydrogen-bond donors (Lipinski definition) is 1. The Labute approximate surface area is 133 Å². The SMILES string of the molecule is CCC[C@H](C)NC(=O)[C@H](CC)N(c1ccccc1)S(C)(=O)=O. The lowest BCUT2D eigenvalue weighted by molar-refractivity contribution is -0.122. The molecule has 0 saturated carbocycles. The van der Waals surface area contributed by atoms with E-state index < -0.39 is 16.1 Å². The van der Waals surface area contributed by atoms with Crippen molar-refractivity contribution in [2.75, 3.05) is 10.6 Å². The summed E-state index contributed by atoms with van der Waals surface area (Å²) in [6.07, 6.45) is 3.37. The highest BCUT2D eigenvalue weighted by molar-refractivity contribution is 7.92. The van der Waals surface area contributed by atoms with Crippen LogP contribution in [0.15, 0.2) is 30.3 Å². The van der Waals surface area contributed by atoms with Crippen LogP contribution in [-0.2, 0) is 14.8 Å². The fraction of sp³-hybridized carbons (Fsp3) is 0.562. The van der Waals surface area contributed by atoms with E-state index >= 15 is 0 Å². The van der Waals surface area contributed by atoms with Crippen LogP contribution in [0.4, 0.5) is 5.69 Å². The van der Waals surface area contributed by atoms with Crippen molar-refractivity contribution in [1.82, 2.24) is 5.32 Å². The Balaban J connectivity index is 3.08. The lowest BCUT2D eigenvalue weighted by Crippen LogP contribution is -2.51. The maximum Gasteiger partial charge on any atom is 0.244 e. The standard InChI is InChI=1S/C16H26N2O3S/c1-5-10-13(3)17-16(19)15(6-2)18(22(4,20)21)14-11-8-7-9-12-14/h7-9,11-13,15H,5-6,10H2,1-4H3,(H,17,19)/t13-,15-/m0/s1. The summed E-state index contributed by atoms with van der Waals surface area (Å²) < 4.78 is 25.6. The number of nitrogens with zero attached hydrogens (tertiary/aromatic N) is 1. The van der Waals surface area contributed by atoms with Crippen LogP contribution < -0.4 is 9.62 Å². The van der Waals surface area contributed by atoms with Crippen LogP contribution in [0.1, 0.15) is 40.0 Å². The van der Waals surface area contributed by atoms with Gasteiger partial charge in [-0.3, -0.25) is 9.10 Å². The third kappa shape index (κ3) is 5.02. The molecule has 0 aliphatic carbocycles. The fourth-order valence-electron chi connectivity index (χ4n) is 2.48. The normalized spacial score (nSPS) is 14.2. The number of benzene rings is 1. The molecule has 22 heavy (non-hydrogen) atoms. The van der Waals surface area contributed by atoms with Crippen LogP contribution in [0, 0.1) is 0 Å². The van der Waals surface area contributed by atoms with Gasteiger partial charge in [-0.1, -0.05) is 38.5 Å². The lowest BCUT2D eigenvalue weighted by Gasteiger charge is -2.31. The molecule has 1 N–H and O–H groups in total. The van der Waals surface area contributed by atoms with Crippen LogP contribution in [0.2, 0.25) is 0 Å². The smallest absolute Gasteiger partial charge is 0.244 e. The van der Waals surface area contributed by atoms with Gasteiger partial charge in [-0.05, 0) is 31.9 Å². The highest BCUT2D eigenvalue weighted by Gasteiger charge is 2.31. The molecule has 0 bridgehead atoms. The van der Waals surface area contributed by atoms with Crippen molar-refractivity contribution in [3.05, 3.63) is 30.3 Å². The maximum atomic E-state index is 12.5. The minimum atomic E-state index is -3.55. The van der Waals surface area contributed by atoms with Gasteiger partial charge in [0.15, 0.2) is 0 Å². The molecule has 0 aliphatic heterocycles. The van der Waals surface area contributed by atoms with Gasteiger partial charge in [0.2, 0.25) is 15.9 Å². The molecule has 6 heteroatoms. The molecule has 1 amide bonds. The molecule has 0 spiro atoms. The third-order valence-electron chi connectivity index (χ3n) is 3.45. The molecular weight excluding hydrogens is 300 g/mol. The lowest BCUT2D eigenvalue weighted by atomic mass is 10.1. The van der Waals surface area contributed by atoms with Gasteiger partial charge in [0.1, 0.15) is 6.04 Å². The zero-order chi connectivity index (χ0) is 16.8. The van der Waals surface area contributed by atoms with Gasteiger partial charge in [0.25, 0.3) is 0 Å². The van der Waals surface area contributed by atoms with Crippen LogP contribution in [-0.4, -0.2) is 32.7 Å². The molecular formula is C16H26N2O3S. The van der Waals surface area contributed by atoms with Gasteiger partial charge in [-0.15, -0.1) is 0 Å². The average molecular weight is 326 g/mol. The van der Waals surface area contributed by atoms with E-state index in [4.69, 9.17) is 0 Å². The van der Waals surface area contributed by atoms with Crippen molar-refractivity contribution in [2.24, 2.45) is 0 Å². The first-order valence-corrected chi connectivity index (χ1v) is 9.50. The summed E-state index contributed by atoms with van der Waals surface area (Å²) in [5, 5.41) is 2.91. The molecule has 2 atom stereocenters. The van der Waals surface area contributed by atoms with E-state index in [1.807, 2.05) is 26.8 Å². The molecule has 1 rings (SSSR count). The van der Waals surface area contributed by atoms with Crippen molar-refractivity contribution in [3.8, 4) is 0 Å². The number of nitrogens with one attached hydrogen (secondary N) is 1. The molecule has 1 aromatic rings. The first kappa shape index (κ1) is 18.5. The van der Waals surface area contributed by atoms with Crippen molar-refractivity contribution in [2.45, 2.75) is 52.1 Å². The van der Waals surface area contributed by atoms with Crippen molar-refractivity contribution < 1.29 is 13.2 Å². The van der Waals surface area contributed by atoms with Gasteiger partial charge in [-0.2, -0.15) is 0 Å². The van der Waals surface area contributed by atoms with E-state index in [2.05, 4.69) is 5.32 Å². The molecule has 0 radical (unpaired) electrons. The fourth-order valence-corrected chi connectivity index (χ4v) is 3.69. The maximum absolute atomic E-state index is 12.5. The molecule has 5 nitrogen and oxygen atoms in total. The van der Waals surface area contributed by atoms with E-state index in [9.17, 15) is 13.2 Å². The second kappa shape index (κ2) is 8.17. The summed E-state index contributed by atoms with van der Waals surface area (Å²) in [5.41, 5.74) is 0.509. The van der Waals surface area contributed by atoms with E-state index in [-0.39, 0.29) is 11.9 Å². The van der Waals surface area contributed by atoms with E-state index in [1.54, 1.807) is 24.3 Å². The van der Waals surface area contributed by atoms with Crippen LogP contribution >= 0.6 is 0 Å². The molecule has 0 aliphatic rings. The van der Waals surface area contributed by atoms with Crippen LogP contribution in [0.25, 0.3) is 0 Å². The number of para-hydroxylation sites is 1. The number of amides is 1. The van der Waals surface area contributed by atoms with Crippen molar-refractivity contribution >= 4 is 21.6 Å². The van der Waals surface area contributed by atoms with Crippen molar-refractivity contribution in [1.29, 1.82) is 0 Å². The Hall–Kier alpha value is -1.56. The zero-order valence-electron chi connectivity index (χ0n) is 13.7. The Kier molecular flexibility index (Phi) is 6.87. The molecule has 124 valence electrons. The predicted molar refractivity (Wildman–Crippen MR) is 90.4 cm³/mol. The van der Waals surface area contributed by atoms with Crippen molar-refractivity contribution in [3.63, 3.8) is 0 Å². The summed E-state index contributed by atoms with van der Waals surface area (Å²) in [7, 11) is -3.55. The Morgan fingerprint density at radius 1 is 1.23 bits per heavy atom. The van der Waals surface area contributed by atoms with E-state index in [1.165, 1.54) is 4.31 Å². The molecule has 1 aromatic carbocycles. The van der Waals surface area contributed by atoms with Crippen LogP contribution in [0.3, 0.4) is 0 Å². The average Bonchev–Trinajstić information content (AvgIpc) is 2.44.